The first kappa shape index (κ1) is 8.26. The number of rotatable bonds is 3. The predicted octanol–water partition coefficient (Wildman–Crippen LogP) is -1.59. The van der Waals surface area contributed by atoms with E-state index in [0.717, 1.165) is 13.2 Å². The van der Waals surface area contributed by atoms with Crippen LogP contribution >= 0.6 is 0 Å². The minimum atomic E-state index is -2.31. The molecule has 0 aliphatic carbocycles. The van der Waals surface area contributed by atoms with E-state index in [9.17, 15) is 9.59 Å². The third-order valence-electron chi connectivity index (χ3n) is 0.980. The molecule has 0 rings (SSSR count). The van der Waals surface area contributed by atoms with Crippen molar-refractivity contribution in [2.24, 2.45) is 0 Å². The van der Waals surface area contributed by atoms with E-state index in [-0.39, 0.29) is 0 Å². The van der Waals surface area contributed by atoms with E-state index in [1.807, 2.05) is 0 Å². The minimum absolute atomic E-state index is 0.806. The molecule has 0 saturated heterocycles. The molecule has 1 atom stereocenters. The Morgan fingerprint density at radius 1 is 1.78 bits per heavy atom. The fourth-order valence-corrected chi connectivity index (χ4v) is 0.215. The average Bonchev–Trinajstić information content (AvgIpc) is 1.86. The van der Waals surface area contributed by atoms with Crippen LogP contribution in [0.3, 0.4) is 0 Å². The molecule has 2 N–H and O–H groups in total. The molecule has 0 aliphatic rings. The Bertz CT molecular complexity index is 131. The quantitative estimate of drug-likeness (QED) is 0.453. The third kappa shape index (κ3) is 1.58. The first-order chi connectivity index (χ1) is 4.06. The zero-order valence-electron chi connectivity index (χ0n) is 4.92. The van der Waals surface area contributed by atoms with Gasteiger partial charge in [0.2, 0.25) is 11.9 Å². The molecule has 0 bridgehead atoms. The van der Waals surface area contributed by atoms with Crippen molar-refractivity contribution in [3.05, 3.63) is 0 Å². The fraction of sp³-hybridized carbons (Fsp3) is 0.600. The standard InChI is InChI=1S/C5H7O4/c1-4(8)5(9,2-6)3-7/h6,9H,2H2,1H3. The lowest BCUT2D eigenvalue weighted by molar-refractivity contribution is -0.131. The monoisotopic (exact) mass is 131 g/mol. The van der Waals surface area contributed by atoms with Crippen molar-refractivity contribution in [2.45, 2.75) is 12.5 Å². The maximum Gasteiger partial charge on any atom is 0.243 e. The van der Waals surface area contributed by atoms with E-state index in [1.54, 1.807) is 0 Å². The summed E-state index contributed by atoms with van der Waals surface area (Å²) in [6.07, 6.45) is 1.03. The summed E-state index contributed by atoms with van der Waals surface area (Å²) < 4.78 is 0. The maximum absolute atomic E-state index is 10.3. The van der Waals surface area contributed by atoms with Crippen LogP contribution in [-0.4, -0.2) is 34.5 Å². The Morgan fingerprint density at radius 3 is 2.22 bits per heavy atom. The van der Waals surface area contributed by atoms with Gasteiger partial charge in [0.15, 0.2) is 5.78 Å². The van der Waals surface area contributed by atoms with Gasteiger partial charge in [0.05, 0.1) is 6.61 Å². The molecule has 0 saturated carbocycles. The molecular formula is C5H7O4. The summed E-state index contributed by atoms with van der Waals surface area (Å²) in [6, 6.07) is 0. The zero-order chi connectivity index (χ0) is 7.49. The number of aliphatic hydroxyl groups is 2. The van der Waals surface area contributed by atoms with Crippen molar-refractivity contribution in [3.63, 3.8) is 0 Å². The van der Waals surface area contributed by atoms with Crippen LogP contribution in [0.5, 0.6) is 0 Å². The van der Waals surface area contributed by atoms with Crippen molar-refractivity contribution in [3.8, 4) is 0 Å². The predicted molar refractivity (Wildman–Crippen MR) is 28.4 cm³/mol. The van der Waals surface area contributed by atoms with Gasteiger partial charge in [-0.2, -0.15) is 0 Å². The number of carbonyl (C=O) groups is 1. The molecule has 4 heteroatoms. The van der Waals surface area contributed by atoms with Crippen LogP contribution in [0.4, 0.5) is 0 Å². The highest BCUT2D eigenvalue weighted by atomic mass is 16.3. The molecule has 0 amide bonds. The topological polar surface area (TPSA) is 74.6 Å². The Kier molecular flexibility index (Phi) is 2.48. The van der Waals surface area contributed by atoms with E-state index >= 15 is 0 Å². The molecule has 0 aliphatic heterocycles. The van der Waals surface area contributed by atoms with Crippen molar-refractivity contribution in [2.75, 3.05) is 6.61 Å². The van der Waals surface area contributed by atoms with E-state index in [1.165, 1.54) is 0 Å². The Morgan fingerprint density at radius 2 is 2.22 bits per heavy atom. The normalized spacial score (nSPS) is 16.3. The molecule has 0 fully saturated rings. The van der Waals surface area contributed by atoms with Gasteiger partial charge in [-0.05, 0) is 6.92 Å². The highest BCUT2D eigenvalue weighted by molar-refractivity contribution is 6.00. The maximum atomic E-state index is 10.3. The summed E-state index contributed by atoms with van der Waals surface area (Å²) in [4.78, 5) is 20.0. The first-order valence-corrected chi connectivity index (χ1v) is 2.30. The van der Waals surface area contributed by atoms with Gasteiger partial charge < -0.3 is 10.2 Å². The molecule has 51 valence electrons. The molecule has 4 nitrogen and oxygen atoms in total. The number of hydrogen-bond donors (Lipinski definition) is 2. The average molecular weight is 131 g/mol. The van der Waals surface area contributed by atoms with Crippen molar-refractivity contribution in [1.82, 2.24) is 0 Å². The van der Waals surface area contributed by atoms with Gasteiger partial charge in [-0.25, -0.2) is 0 Å². The van der Waals surface area contributed by atoms with Crippen molar-refractivity contribution >= 4 is 12.1 Å². The second kappa shape index (κ2) is 2.70. The van der Waals surface area contributed by atoms with Crippen LogP contribution in [0, 0.1) is 0 Å². The molecule has 0 aromatic heterocycles. The number of hydrogen-bond acceptors (Lipinski definition) is 4. The van der Waals surface area contributed by atoms with E-state index in [4.69, 9.17) is 10.2 Å². The number of aliphatic hydroxyl groups excluding tert-OH is 1. The van der Waals surface area contributed by atoms with E-state index in [2.05, 4.69) is 0 Å². The number of carbonyl (C=O) groups excluding carboxylic acids is 2. The SMILES string of the molecule is CC(=O)C(O)([C]=O)CO. The summed E-state index contributed by atoms with van der Waals surface area (Å²) in [5, 5.41) is 16.9. The second-order valence-electron chi connectivity index (χ2n) is 1.68. The number of ketones is 1. The van der Waals surface area contributed by atoms with Crippen LogP contribution in [0.25, 0.3) is 0 Å². The van der Waals surface area contributed by atoms with Crippen molar-refractivity contribution in [1.29, 1.82) is 0 Å². The molecule has 1 radical (unpaired) electrons. The highest BCUT2D eigenvalue weighted by Gasteiger charge is 2.32. The van der Waals surface area contributed by atoms with Gasteiger partial charge in [0.1, 0.15) is 0 Å². The molecule has 0 spiro atoms. The summed E-state index contributed by atoms with van der Waals surface area (Å²) in [5.41, 5.74) is -2.31. The summed E-state index contributed by atoms with van der Waals surface area (Å²) in [5.74, 6) is -0.806. The van der Waals surface area contributed by atoms with Crippen LogP contribution in [0.2, 0.25) is 0 Å². The van der Waals surface area contributed by atoms with Crippen LogP contribution in [0.15, 0.2) is 0 Å². The smallest absolute Gasteiger partial charge is 0.243 e. The van der Waals surface area contributed by atoms with Gasteiger partial charge in [0, 0.05) is 0 Å². The summed E-state index contributed by atoms with van der Waals surface area (Å²) in [6.45, 7) is 0.0902. The third-order valence-corrected chi connectivity index (χ3v) is 0.980. The molecule has 0 aromatic rings. The van der Waals surface area contributed by atoms with Crippen LogP contribution < -0.4 is 0 Å². The van der Waals surface area contributed by atoms with Crippen molar-refractivity contribution < 1.29 is 19.8 Å². The zero-order valence-corrected chi connectivity index (χ0v) is 4.92. The minimum Gasteiger partial charge on any atom is -0.392 e. The van der Waals surface area contributed by atoms with Gasteiger partial charge in [0.25, 0.3) is 0 Å². The lowest BCUT2D eigenvalue weighted by Crippen LogP contribution is -2.42. The lowest BCUT2D eigenvalue weighted by atomic mass is 10.0. The molecular weight excluding hydrogens is 124 g/mol. The number of Topliss-reactive ketones (excluding diaryl/α,β-unsaturated/α-hetero) is 1. The Labute approximate surface area is 52.1 Å². The van der Waals surface area contributed by atoms with E-state index in [0.29, 0.717) is 0 Å². The largest absolute Gasteiger partial charge is 0.392 e. The van der Waals surface area contributed by atoms with E-state index < -0.39 is 18.0 Å². The highest BCUT2D eigenvalue weighted by Crippen LogP contribution is 1.98. The van der Waals surface area contributed by atoms with Gasteiger partial charge in [-0.3, -0.25) is 9.59 Å². The van der Waals surface area contributed by atoms with Gasteiger partial charge >= 0.3 is 0 Å². The van der Waals surface area contributed by atoms with Gasteiger partial charge in [-0.1, -0.05) is 0 Å². The summed E-state index contributed by atoms with van der Waals surface area (Å²) in [7, 11) is 0. The molecule has 1 unspecified atom stereocenters. The second-order valence-corrected chi connectivity index (χ2v) is 1.68. The molecule has 0 heterocycles. The van der Waals surface area contributed by atoms with Crippen LogP contribution in [-0.2, 0) is 9.59 Å². The fourth-order valence-electron chi connectivity index (χ4n) is 0.215. The Balaban J connectivity index is 4.27. The lowest BCUT2D eigenvalue weighted by Gasteiger charge is -2.11. The van der Waals surface area contributed by atoms with Gasteiger partial charge in [-0.15, -0.1) is 0 Å². The summed E-state index contributed by atoms with van der Waals surface area (Å²) >= 11 is 0. The molecule has 9 heavy (non-hydrogen) atoms. The Hall–Kier alpha value is -0.740. The van der Waals surface area contributed by atoms with Crippen LogP contribution in [0.1, 0.15) is 6.92 Å². The molecule has 0 aromatic carbocycles. The first-order valence-electron chi connectivity index (χ1n) is 2.30.